The fourth-order valence-electron chi connectivity index (χ4n) is 2.22. The number of para-hydroxylation sites is 1. The largest absolute Gasteiger partial charge is 0.458 e. The molecular weight excluding hydrogens is 288 g/mol. The van der Waals surface area contributed by atoms with Gasteiger partial charge in [-0.25, -0.2) is 8.42 Å². The molecule has 0 amide bonds. The van der Waals surface area contributed by atoms with Gasteiger partial charge in [-0.3, -0.25) is 0 Å². The molecule has 0 spiro atoms. The molecule has 21 heavy (non-hydrogen) atoms. The van der Waals surface area contributed by atoms with Gasteiger partial charge >= 0.3 is 0 Å². The van der Waals surface area contributed by atoms with Gasteiger partial charge in [0.05, 0.1) is 4.90 Å². The van der Waals surface area contributed by atoms with Crippen molar-refractivity contribution in [3.05, 3.63) is 65.9 Å². The third-order valence-electron chi connectivity index (χ3n) is 3.32. The van der Waals surface area contributed by atoms with Gasteiger partial charge in [0.1, 0.15) is 17.4 Å². The lowest BCUT2D eigenvalue weighted by molar-refractivity contribution is 0.192. The SMILES string of the molecule is CS(=O)(=O)c1cccc(C(O)c2cc3ccccc3o2)c1. The quantitative estimate of drug-likeness (QED) is 0.807. The molecule has 0 saturated heterocycles. The lowest BCUT2D eigenvalue weighted by Gasteiger charge is -2.09. The van der Waals surface area contributed by atoms with Crippen LogP contribution in [0.15, 0.2) is 63.9 Å². The van der Waals surface area contributed by atoms with Gasteiger partial charge in [0, 0.05) is 11.6 Å². The summed E-state index contributed by atoms with van der Waals surface area (Å²) in [5.74, 6) is 0.391. The van der Waals surface area contributed by atoms with Crippen LogP contribution in [0.2, 0.25) is 0 Å². The molecule has 1 unspecified atom stereocenters. The van der Waals surface area contributed by atoms with E-state index in [0.717, 1.165) is 11.6 Å². The minimum atomic E-state index is -3.31. The summed E-state index contributed by atoms with van der Waals surface area (Å²) in [5, 5.41) is 11.3. The molecule has 1 heterocycles. The molecule has 5 heteroatoms. The van der Waals surface area contributed by atoms with Crippen LogP contribution in [0.3, 0.4) is 0 Å². The maximum Gasteiger partial charge on any atom is 0.175 e. The number of sulfone groups is 1. The summed E-state index contributed by atoms with van der Waals surface area (Å²) < 4.78 is 28.8. The van der Waals surface area contributed by atoms with E-state index in [1.54, 1.807) is 18.2 Å². The van der Waals surface area contributed by atoms with Gasteiger partial charge in [-0.2, -0.15) is 0 Å². The highest BCUT2D eigenvalue weighted by molar-refractivity contribution is 7.90. The van der Waals surface area contributed by atoms with Crippen molar-refractivity contribution in [3.8, 4) is 0 Å². The average Bonchev–Trinajstić information content (AvgIpc) is 2.89. The maximum absolute atomic E-state index is 11.6. The van der Waals surface area contributed by atoms with E-state index in [2.05, 4.69) is 0 Å². The van der Waals surface area contributed by atoms with Crippen molar-refractivity contribution in [2.45, 2.75) is 11.0 Å². The molecule has 0 radical (unpaired) electrons. The Labute approximate surface area is 122 Å². The first-order valence-electron chi connectivity index (χ1n) is 6.42. The molecule has 2 aromatic carbocycles. The van der Waals surface area contributed by atoms with Crippen LogP contribution < -0.4 is 0 Å². The van der Waals surface area contributed by atoms with Crippen molar-refractivity contribution in [1.29, 1.82) is 0 Å². The molecular formula is C16H14O4S. The van der Waals surface area contributed by atoms with Crippen LogP contribution in [-0.2, 0) is 9.84 Å². The smallest absolute Gasteiger partial charge is 0.175 e. The highest BCUT2D eigenvalue weighted by atomic mass is 32.2. The number of benzene rings is 2. The van der Waals surface area contributed by atoms with E-state index in [0.29, 0.717) is 16.9 Å². The Bertz CT molecular complexity index is 860. The fourth-order valence-corrected chi connectivity index (χ4v) is 2.89. The maximum atomic E-state index is 11.6. The number of fused-ring (bicyclic) bond motifs is 1. The van der Waals surface area contributed by atoms with Crippen molar-refractivity contribution in [1.82, 2.24) is 0 Å². The van der Waals surface area contributed by atoms with Crippen LogP contribution in [0.5, 0.6) is 0 Å². The molecule has 0 aliphatic carbocycles. The minimum absolute atomic E-state index is 0.176. The summed E-state index contributed by atoms with van der Waals surface area (Å²) in [6, 6.07) is 15.5. The number of aliphatic hydroxyl groups excluding tert-OH is 1. The third-order valence-corrected chi connectivity index (χ3v) is 4.43. The van der Waals surface area contributed by atoms with Gasteiger partial charge in [-0.1, -0.05) is 30.3 Å². The highest BCUT2D eigenvalue weighted by Gasteiger charge is 2.17. The second-order valence-electron chi connectivity index (χ2n) is 4.93. The van der Waals surface area contributed by atoms with Crippen LogP contribution >= 0.6 is 0 Å². The van der Waals surface area contributed by atoms with Crippen molar-refractivity contribution in [2.75, 3.05) is 6.26 Å². The Balaban J connectivity index is 2.03. The molecule has 0 bridgehead atoms. The molecule has 1 atom stereocenters. The number of hydrogen-bond acceptors (Lipinski definition) is 4. The standard InChI is InChI=1S/C16H14O4S/c1-21(18,19)13-7-4-6-12(9-13)16(17)15-10-11-5-2-3-8-14(11)20-15/h2-10,16-17H,1H3. The van der Waals surface area contributed by atoms with Crippen LogP contribution in [-0.4, -0.2) is 19.8 Å². The lowest BCUT2D eigenvalue weighted by Crippen LogP contribution is -2.02. The first kappa shape index (κ1) is 13.9. The predicted octanol–water partition coefficient (Wildman–Crippen LogP) is 2.92. The zero-order valence-corrected chi connectivity index (χ0v) is 12.2. The molecule has 0 aliphatic rings. The molecule has 4 nitrogen and oxygen atoms in total. The van der Waals surface area contributed by atoms with E-state index in [1.165, 1.54) is 12.1 Å². The minimum Gasteiger partial charge on any atom is -0.458 e. The summed E-state index contributed by atoms with van der Waals surface area (Å²) in [7, 11) is -3.31. The Hall–Kier alpha value is -2.11. The first-order valence-corrected chi connectivity index (χ1v) is 8.31. The van der Waals surface area contributed by atoms with Crippen molar-refractivity contribution in [2.24, 2.45) is 0 Å². The van der Waals surface area contributed by atoms with Gasteiger partial charge in [-0.15, -0.1) is 0 Å². The lowest BCUT2D eigenvalue weighted by atomic mass is 10.1. The van der Waals surface area contributed by atoms with E-state index >= 15 is 0 Å². The number of aliphatic hydroxyl groups is 1. The molecule has 108 valence electrons. The summed E-state index contributed by atoms with van der Waals surface area (Å²) in [4.78, 5) is 0.176. The van der Waals surface area contributed by atoms with Gasteiger partial charge in [-0.05, 0) is 29.8 Å². The van der Waals surface area contributed by atoms with Gasteiger partial charge in [0.2, 0.25) is 0 Å². The molecule has 1 aromatic heterocycles. The summed E-state index contributed by atoms with van der Waals surface area (Å²) in [6.45, 7) is 0. The Morgan fingerprint density at radius 2 is 1.81 bits per heavy atom. The highest BCUT2D eigenvalue weighted by Crippen LogP contribution is 2.29. The first-order chi connectivity index (χ1) is 9.95. The van der Waals surface area contributed by atoms with E-state index in [-0.39, 0.29) is 4.90 Å². The monoisotopic (exact) mass is 302 g/mol. The van der Waals surface area contributed by atoms with E-state index < -0.39 is 15.9 Å². The van der Waals surface area contributed by atoms with Crippen LogP contribution in [0, 0.1) is 0 Å². The van der Waals surface area contributed by atoms with Gasteiger partial charge in [0.25, 0.3) is 0 Å². The van der Waals surface area contributed by atoms with Crippen LogP contribution in [0.1, 0.15) is 17.4 Å². The van der Waals surface area contributed by atoms with E-state index in [9.17, 15) is 13.5 Å². The fraction of sp³-hybridized carbons (Fsp3) is 0.125. The Kier molecular flexibility index (Phi) is 3.31. The van der Waals surface area contributed by atoms with E-state index in [1.807, 2.05) is 24.3 Å². The van der Waals surface area contributed by atoms with Crippen LogP contribution in [0.25, 0.3) is 11.0 Å². The number of furan rings is 1. The molecule has 3 aromatic rings. The second-order valence-corrected chi connectivity index (χ2v) is 6.95. The number of hydrogen-bond donors (Lipinski definition) is 1. The second kappa shape index (κ2) is 5.02. The normalized spacial score (nSPS) is 13.4. The van der Waals surface area contributed by atoms with E-state index in [4.69, 9.17) is 4.42 Å². The summed E-state index contributed by atoms with van der Waals surface area (Å²) in [5.41, 5.74) is 1.17. The zero-order valence-electron chi connectivity index (χ0n) is 11.4. The predicted molar refractivity (Wildman–Crippen MR) is 79.8 cm³/mol. The molecule has 1 N–H and O–H groups in total. The van der Waals surface area contributed by atoms with Crippen molar-refractivity contribution >= 4 is 20.8 Å². The molecule has 0 aliphatic heterocycles. The Morgan fingerprint density at radius 1 is 1.05 bits per heavy atom. The molecule has 0 saturated carbocycles. The molecule has 3 rings (SSSR count). The average molecular weight is 302 g/mol. The van der Waals surface area contributed by atoms with Gasteiger partial charge in [0.15, 0.2) is 9.84 Å². The van der Waals surface area contributed by atoms with Crippen molar-refractivity contribution < 1.29 is 17.9 Å². The summed E-state index contributed by atoms with van der Waals surface area (Å²) >= 11 is 0. The zero-order chi connectivity index (χ0) is 15.0. The summed E-state index contributed by atoms with van der Waals surface area (Å²) in [6.07, 6.45) is 0.138. The number of rotatable bonds is 3. The van der Waals surface area contributed by atoms with Gasteiger partial charge < -0.3 is 9.52 Å². The third kappa shape index (κ3) is 2.70. The van der Waals surface area contributed by atoms with Crippen molar-refractivity contribution in [3.63, 3.8) is 0 Å². The van der Waals surface area contributed by atoms with Crippen LogP contribution in [0.4, 0.5) is 0 Å². The Morgan fingerprint density at radius 3 is 2.52 bits per heavy atom. The molecule has 0 fully saturated rings. The topological polar surface area (TPSA) is 67.5 Å².